The highest BCUT2D eigenvalue weighted by molar-refractivity contribution is 5.27. The molecule has 0 saturated carbocycles. The maximum absolute atomic E-state index is 10.1. The summed E-state index contributed by atoms with van der Waals surface area (Å²) in [5, 5.41) is 19.0. The van der Waals surface area contributed by atoms with Crippen molar-refractivity contribution < 1.29 is 14.9 Å². The normalized spacial score (nSPS) is 12.9. The molecule has 5 heteroatoms. The van der Waals surface area contributed by atoms with Crippen LogP contribution < -0.4 is 10.5 Å². The van der Waals surface area contributed by atoms with Crippen LogP contribution in [-0.4, -0.2) is 53.6 Å². The predicted molar refractivity (Wildman–Crippen MR) is 84.2 cm³/mol. The Morgan fingerprint density at radius 3 is 2.43 bits per heavy atom. The Bertz CT molecular complexity index is 382. The SMILES string of the molecule is CC(C)N(CCCO)CC(O)COc1ccc(CN)cc1. The van der Waals surface area contributed by atoms with Crippen molar-refractivity contribution in [3.63, 3.8) is 0 Å². The third-order valence-corrected chi connectivity index (χ3v) is 3.38. The van der Waals surface area contributed by atoms with E-state index in [-0.39, 0.29) is 13.2 Å². The molecule has 0 saturated heterocycles. The molecule has 1 unspecified atom stereocenters. The summed E-state index contributed by atoms with van der Waals surface area (Å²) in [5.74, 6) is 0.734. The van der Waals surface area contributed by atoms with Gasteiger partial charge in [-0.25, -0.2) is 0 Å². The van der Waals surface area contributed by atoms with E-state index in [1.165, 1.54) is 0 Å². The fourth-order valence-electron chi connectivity index (χ4n) is 2.07. The van der Waals surface area contributed by atoms with Gasteiger partial charge in [-0.15, -0.1) is 0 Å². The Labute approximate surface area is 127 Å². The number of benzene rings is 1. The average molecular weight is 296 g/mol. The van der Waals surface area contributed by atoms with E-state index in [1.54, 1.807) is 0 Å². The minimum atomic E-state index is -0.555. The molecule has 0 heterocycles. The van der Waals surface area contributed by atoms with Gasteiger partial charge in [-0.3, -0.25) is 4.90 Å². The summed E-state index contributed by atoms with van der Waals surface area (Å²) in [6.07, 6.45) is 0.159. The van der Waals surface area contributed by atoms with Gasteiger partial charge >= 0.3 is 0 Å². The van der Waals surface area contributed by atoms with Crippen molar-refractivity contribution in [3.8, 4) is 5.75 Å². The summed E-state index contributed by atoms with van der Waals surface area (Å²) >= 11 is 0. The summed E-state index contributed by atoms with van der Waals surface area (Å²) in [6, 6.07) is 7.89. The van der Waals surface area contributed by atoms with Crippen LogP contribution in [0.4, 0.5) is 0 Å². The minimum absolute atomic E-state index is 0.170. The van der Waals surface area contributed by atoms with Gasteiger partial charge in [0.05, 0.1) is 0 Å². The van der Waals surface area contributed by atoms with E-state index >= 15 is 0 Å². The quantitative estimate of drug-likeness (QED) is 0.600. The van der Waals surface area contributed by atoms with Gasteiger partial charge in [0.2, 0.25) is 0 Å². The van der Waals surface area contributed by atoms with Crippen LogP contribution in [0.25, 0.3) is 0 Å². The number of aliphatic hydroxyl groups excluding tert-OH is 2. The molecule has 1 atom stereocenters. The van der Waals surface area contributed by atoms with Gasteiger partial charge in [0.1, 0.15) is 18.5 Å². The van der Waals surface area contributed by atoms with Crippen molar-refractivity contribution in [1.29, 1.82) is 0 Å². The number of ether oxygens (including phenoxy) is 1. The van der Waals surface area contributed by atoms with E-state index in [4.69, 9.17) is 15.6 Å². The lowest BCUT2D eigenvalue weighted by atomic mass is 10.2. The highest BCUT2D eigenvalue weighted by atomic mass is 16.5. The fraction of sp³-hybridized carbons (Fsp3) is 0.625. The van der Waals surface area contributed by atoms with Gasteiger partial charge in [-0.05, 0) is 38.0 Å². The molecule has 1 aromatic carbocycles. The van der Waals surface area contributed by atoms with Crippen molar-refractivity contribution >= 4 is 0 Å². The van der Waals surface area contributed by atoms with Crippen LogP contribution in [0.3, 0.4) is 0 Å². The van der Waals surface area contributed by atoms with Crippen LogP contribution in [0.2, 0.25) is 0 Å². The first-order valence-electron chi connectivity index (χ1n) is 7.51. The molecule has 0 aliphatic heterocycles. The second-order valence-corrected chi connectivity index (χ2v) is 5.48. The van der Waals surface area contributed by atoms with E-state index in [9.17, 15) is 5.11 Å². The van der Waals surface area contributed by atoms with Crippen LogP contribution in [-0.2, 0) is 6.54 Å². The Hall–Kier alpha value is -1.14. The monoisotopic (exact) mass is 296 g/mol. The molecule has 120 valence electrons. The minimum Gasteiger partial charge on any atom is -0.491 e. The highest BCUT2D eigenvalue weighted by Gasteiger charge is 2.15. The van der Waals surface area contributed by atoms with Crippen LogP contribution >= 0.6 is 0 Å². The zero-order chi connectivity index (χ0) is 15.7. The standard InChI is InChI=1S/C16H28N2O3/c1-13(2)18(8-3-9-19)11-15(20)12-21-16-6-4-14(10-17)5-7-16/h4-7,13,15,19-20H,3,8-12,17H2,1-2H3. The molecule has 0 amide bonds. The lowest BCUT2D eigenvalue weighted by molar-refractivity contribution is 0.0549. The first-order chi connectivity index (χ1) is 10.1. The van der Waals surface area contributed by atoms with Crippen molar-refractivity contribution in [2.45, 2.75) is 39.0 Å². The molecule has 0 bridgehead atoms. The third kappa shape index (κ3) is 6.91. The predicted octanol–water partition coefficient (Wildman–Crippen LogP) is 0.978. The molecular formula is C16H28N2O3. The number of hydrogen-bond donors (Lipinski definition) is 3. The van der Waals surface area contributed by atoms with E-state index in [2.05, 4.69) is 18.7 Å². The van der Waals surface area contributed by atoms with Crippen LogP contribution in [0, 0.1) is 0 Å². The number of nitrogens with zero attached hydrogens (tertiary/aromatic N) is 1. The second kappa shape index (κ2) is 9.73. The van der Waals surface area contributed by atoms with E-state index in [0.29, 0.717) is 25.6 Å². The molecule has 4 N–H and O–H groups in total. The summed E-state index contributed by atoms with van der Waals surface area (Å²) in [6.45, 7) is 6.41. The van der Waals surface area contributed by atoms with Crippen molar-refractivity contribution in [2.75, 3.05) is 26.3 Å². The molecule has 1 aromatic rings. The first kappa shape index (κ1) is 17.9. The molecule has 0 aliphatic rings. The summed E-state index contributed by atoms with van der Waals surface area (Å²) in [7, 11) is 0. The lowest BCUT2D eigenvalue weighted by Gasteiger charge is -2.28. The Morgan fingerprint density at radius 1 is 1.24 bits per heavy atom. The Kier molecular flexibility index (Phi) is 8.30. The highest BCUT2D eigenvalue weighted by Crippen LogP contribution is 2.12. The van der Waals surface area contributed by atoms with E-state index in [1.807, 2.05) is 24.3 Å². The van der Waals surface area contributed by atoms with Crippen molar-refractivity contribution in [2.24, 2.45) is 5.73 Å². The molecule has 0 radical (unpaired) electrons. The van der Waals surface area contributed by atoms with Crippen molar-refractivity contribution in [3.05, 3.63) is 29.8 Å². The molecule has 0 aromatic heterocycles. The molecule has 0 fully saturated rings. The smallest absolute Gasteiger partial charge is 0.119 e. The summed E-state index contributed by atoms with van der Waals surface area (Å²) in [4.78, 5) is 2.14. The average Bonchev–Trinajstić information content (AvgIpc) is 2.49. The molecule has 5 nitrogen and oxygen atoms in total. The van der Waals surface area contributed by atoms with Gasteiger partial charge in [0.15, 0.2) is 0 Å². The molecule has 0 spiro atoms. The van der Waals surface area contributed by atoms with E-state index < -0.39 is 6.10 Å². The molecular weight excluding hydrogens is 268 g/mol. The molecule has 0 aliphatic carbocycles. The summed E-state index contributed by atoms with van der Waals surface area (Å²) < 4.78 is 5.59. The number of rotatable bonds is 10. The van der Waals surface area contributed by atoms with Gasteiger partial charge in [0, 0.05) is 32.3 Å². The van der Waals surface area contributed by atoms with Crippen molar-refractivity contribution in [1.82, 2.24) is 4.90 Å². The third-order valence-electron chi connectivity index (χ3n) is 3.38. The second-order valence-electron chi connectivity index (χ2n) is 5.48. The molecule has 1 rings (SSSR count). The van der Waals surface area contributed by atoms with Crippen LogP contribution in [0.15, 0.2) is 24.3 Å². The lowest BCUT2D eigenvalue weighted by Crippen LogP contribution is -2.40. The number of hydrogen-bond acceptors (Lipinski definition) is 5. The largest absolute Gasteiger partial charge is 0.491 e. The first-order valence-corrected chi connectivity index (χ1v) is 7.51. The van der Waals surface area contributed by atoms with Gasteiger partial charge < -0.3 is 20.7 Å². The van der Waals surface area contributed by atoms with Gasteiger partial charge in [-0.2, -0.15) is 0 Å². The van der Waals surface area contributed by atoms with Crippen LogP contribution in [0.1, 0.15) is 25.8 Å². The Balaban J connectivity index is 2.38. The fourth-order valence-corrected chi connectivity index (χ4v) is 2.07. The molecule has 21 heavy (non-hydrogen) atoms. The van der Waals surface area contributed by atoms with Gasteiger partial charge in [0.25, 0.3) is 0 Å². The zero-order valence-electron chi connectivity index (χ0n) is 13.0. The number of nitrogens with two attached hydrogens (primary N) is 1. The van der Waals surface area contributed by atoms with E-state index in [0.717, 1.165) is 17.9 Å². The maximum atomic E-state index is 10.1. The topological polar surface area (TPSA) is 79.0 Å². The maximum Gasteiger partial charge on any atom is 0.119 e. The number of aliphatic hydroxyl groups is 2. The van der Waals surface area contributed by atoms with Gasteiger partial charge in [-0.1, -0.05) is 12.1 Å². The van der Waals surface area contributed by atoms with Crippen LogP contribution in [0.5, 0.6) is 5.75 Å². The zero-order valence-corrected chi connectivity index (χ0v) is 13.0. The summed E-state index contributed by atoms with van der Waals surface area (Å²) in [5.41, 5.74) is 6.59. The Morgan fingerprint density at radius 2 is 1.90 bits per heavy atom.